The van der Waals surface area contributed by atoms with Crippen molar-refractivity contribution in [3.8, 4) is 0 Å². The molecule has 1 saturated carbocycles. The van der Waals surface area contributed by atoms with Crippen LogP contribution in [0.5, 0.6) is 0 Å². The van der Waals surface area contributed by atoms with Gasteiger partial charge in [-0.1, -0.05) is 6.92 Å². The van der Waals surface area contributed by atoms with E-state index >= 15 is 0 Å². The first-order valence-electron chi connectivity index (χ1n) is 4.02. The molecule has 0 aromatic carbocycles. The zero-order valence-corrected chi connectivity index (χ0v) is 6.71. The van der Waals surface area contributed by atoms with Crippen molar-refractivity contribution in [2.75, 3.05) is 0 Å². The largest absolute Gasteiger partial charge is 0.481 e. The fourth-order valence-electron chi connectivity index (χ4n) is 1.76. The summed E-state index contributed by atoms with van der Waals surface area (Å²) in [4.78, 5) is 10.8. The highest BCUT2D eigenvalue weighted by atomic mass is 16.4. The highest BCUT2D eigenvalue weighted by Gasteiger charge is 2.43. The third kappa shape index (κ3) is 1.38. The summed E-state index contributed by atoms with van der Waals surface area (Å²) in [7, 11) is 0. The number of aliphatic carboxylic acids is 1. The molecule has 0 aromatic rings. The number of hydrogen-bond donors (Lipinski definition) is 2. The number of rotatable bonds is 2. The molecular weight excluding hydrogens is 144 g/mol. The van der Waals surface area contributed by atoms with Gasteiger partial charge in [0.05, 0.1) is 11.5 Å². The first-order valence-corrected chi connectivity index (χ1v) is 4.02. The lowest BCUT2D eigenvalue weighted by Gasteiger charge is -2.20. The lowest BCUT2D eigenvalue weighted by Crippen LogP contribution is -2.27. The predicted octanol–water partition coefficient (Wildman–Crippen LogP) is 1.01. The van der Waals surface area contributed by atoms with E-state index in [0.717, 1.165) is 0 Å². The van der Waals surface area contributed by atoms with Crippen molar-refractivity contribution in [2.45, 2.75) is 38.7 Å². The summed E-state index contributed by atoms with van der Waals surface area (Å²) in [5.41, 5.74) is -0.626. The van der Waals surface area contributed by atoms with E-state index in [1.807, 2.05) is 6.92 Å². The van der Waals surface area contributed by atoms with E-state index in [-0.39, 0.29) is 0 Å². The van der Waals surface area contributed by atoms with E-state index in [4.69, 9.17) is 5.11 Å². The molecule has 2 N–H and O–H groups in total. The number of carbonyl (C=O) groups is 1. The van der Waals surface area contributed by atoms with Gasteiger partial charge in [-0.25, -0.2) is 0 Å². The second-order valence-corrected chi connectivity index (χ2v) is 3.34. The molecule has 1 rings (SSSR count). The maximum Gasteiger partial charge on any atom is 0.309 e. The number of hydrogen-bond acceptors (Lipinski definition) is 2. The van der Waals surface area contributed by atoms with Crippen LogP contribution in [0.25, 0.3) is 0 Å². The molecule has 0 bridgehead atoms. The van der Waals surface area contributed by atoms with Gasteiger partial charge in [0.25, 0.3) is 0 Å². The quantitative estimate of drug-likeness (QED) is 0.630. The summed E-state index contributed by atoms with van der Waals surface area (Å²) < 4.78 is 0. The lowest BCUT2D eigenvalue weighted by molar-refractivity contribution is -0.149. The van der Waals surface area contributed by atoms with Crippen LogP contribution in [0.15, 0.2) is 0 Å². The van der Waals surface area contributed by atoms with Gasteiger partial charge in [0.1, 0.15) is 0 Å². The number of aliphatic hydroxyl groups excluding tert-OH is 1. The van der Waals surface area contributed by atoms with Crippen LogP contribution in [0.2, 0.25) is 0 Å². The topological polar surface area (TPSA) is 57.5 Å². The molecule has 0 aliphatic heterocycles. The standard InChI is InChI=1S/C8H14O3/c1-2-8(7(10)11)4-3-6(9)5-8/h6,9H,2-5H2,1H3,(H,10,11). The molecule has 2 unspecified atom stereocenters. The summed E-state index contributed by atoms with van der Waals surface area (Å²) in [6.07, 6.45) is 1.92. The fourth-order valence-corrected chi connectivity index (χ4v) is 1.76. The van der Waals surface area contributed by atoms with Crippen molar-refractivity contribution in [1.29, 1.82) is 0 Å². The second kappa shape index (κ2) is 2.81. The Morgan fingerprint density at radius 2 is 2.36 bits per heavy atom. The van der Waals surface area contributed by atoms with Gasteiger partial charge in [-0.15, -0.1) is 0 Å². The SMILES string of the molecule is CCC1(C(=O)O)CCC(O)C1. The molecule has 0 radical (unpaired) electrons. The minimum atomic E-state index is -0.753. The van der Waals surface area contributed by atoms with Crippen LogP contribution in [-0.2, 0) is 4.79 Å². The van der Waals surface area contributed by atoms with Crippen molar-refractivity contribution in [1.82, 2.24) is 0 Å². The van der Waals surface area contributed by atoms with Gasteiger partial charge >= 0.3 is 5.97 Å². The molecule has 1 aliphatic rings. The molecule has 0 spiro atoms. The Kier molecular flexibility index (Phi) is 2.18. The molecule has 0 aromatic heterocycles. The molecule has 64 valence electrons. The fraction of sp³-hybridized carbons (Fsp3) is 0.875. The monoisotopic (exact) mass is 158 g/mol. The first kappa shape index (κ1) is 8.53. The molecule has 3 nitrogen and oxygen atoms in total. The van der Waals surface area contributed by atoms with Gasteiger partial charge < -0.3 is 10.2 Å². The van der Waals surface area contributed by atoms with Crippen LogP contribution in [0.1, 0.15) is 32.6 Å². The van der Waals surface area contributed by atoms with Crippen LogP contribution < -0.4 is 0 Å². The van der Waals surface area contributed by atoms with E-state index in [0.29, 0.717) is 25.7 Å². The Labute approximate surface area is 66.0 Å². The van der Waals surface area contributed by atoms with Crippen molar-refractivity contribution in [3.05, 3.63) is 0 Å². The molecule has 1 fully saturated rings. The Morgan fingerprint density at radius 1 is 1.73 bits per heavy atom. The maximum atomic E-state index is 10.8. The van der Waals surface area contributed by atoms with Gasteiger partial charge in [-0.05, 0) is 25.7 Å². The van der Waals surface area contributed by atoms with E-state index in [1.165, 1.54) is 0 Å². The lowest BCUT2D eigenvalue weighted by atomic mass is 9.83. The molecule has 0 saturated heterocycles. The summed E-state index contributed by atoms with van der Waals surface area (Å²) in [6, 6.07) is 0. The van der Waals surface area contributed by atoms with Crippen LogP contribution in [0, 0.1) is 5.41 Å². The first-order chi connectivity index (χ1) is 5.10. The van der Waals surface area contributed by atoms with E-state index in [9.17, 15) is 9.90 Å². The third-order valence-corrected chi connectivity index (χ3v) is 2.71. The minimum absolute atomic E-state index is 0.397. The highest BCUT2D eigenvalue weighted by Crippen LogP contribution is 2.41. The van der Waals surface area contributed by atoms with Crippen molar-refractivity contribution in [3.63, 3.8) is 0 Å². The highest BCUT2D eigenvalue weighted by molar-refractivity contribution is 5.75. The average Bonchev–Trinajstić information content (AvgIpc) is 2.33. The van der Waals surface area contributed by atoms with Gasteiger partial charge in [0.15, 0.2) is 0 Å². The minimum Gasteiger partial charge on any atom is -0.481 e. The van der Waals surface area contributed by atoms with Gasteiger partial charge in [0.2, 0.25) is 0 Å². The van der Waals surface area contributed by atoms with Crippen molar-refractivity contribution < 1.29 is 15.0 Å². The Morgan fingerprint density at radius 3 is 2.55 bits per heavy atom. The zero-order valence-electron chi connectivity index (χ0n) is 6.71. The summed E-state index contributed by atoms with van der Waals surface area (Å²) in [5, 5.41) is 18.1. The average molecular weight is 158 g/mol. The normalized spacial score (nSPS) is 37.5. The second-order valence-electron chi connectivity index (χ2n) is 3.34. The number of carboxylic acids is 1. The zero-order chi connectivity index (χ0) is 8.48. The Hall–Kier alpha value is -0.570. The molecule has 11 heavy (non-hydrogen) atoms. The summed E-state index contributed by atoms with van der Waals surface area (Å²) in [5.74, 6) is -0.753. The number of aliphatic hydroxyl groups is 1. The Bertz CT molecular complexity index is 167. The summed E-state index contributed by atoms with van der Waals surface area (Å²) in [6.45, 7) is 1.87. The van der Waals surface area contributed by atoms with Crippen LogP contribution in [-0.4, -0.2) is 22.3 Å². The van der Waals surface area contributed by atoms with Gasteiger partial charge in [0, 0.05) is 0 Å². The van der Waals surface area contributed by atoms with Crippen LogP contribution in [0.3, 0.4) is 0 Å². The van der Waals surface area contributed by atoms with Gasteiger partial charge in [-0.2, -0.15) is 0 Å². The van der Waals surface area contributed by atoms with Gasteiger partial charge in [-0.3, -0.25) is 4.79 Å². The van der Waals surface area contributed by atoms with E-state index < -0.39 is 17.5 Å². The number of carboxylic acid groups (broad SMARTS) is 1. The Balaban J connectivity index is 2.70. The van der Waals surface area contributed by atoms with Crippen LogP contribution >= 0.6 is 0 Å². The molecular formula is C8H14O3. The van der Waals surface area contributed by atoms with Crippen LogP contribution in [0.4, 0.5) is 0 Å². The van der Waals surface area contributed by atoms with Crippen molar-refractivity contribution >= 4 is 5.97 Å². The molecule has 3 heteroatoms. The smallest absolute Gasteiger partial charge is 0.309 e. The predicted molar refractivity (Wildman–Crippen MR) is 40.2 cm³/mol. The molecule has 2 atom stereocenters. The maximum absolute atomic E-state index is 10.8. The third-order valence-electron chi connectivity index (χ3n) is 2.71. The molecule has 0 amide bonds. The van der Waals surface area contributed by atoms with E-state index in [2.05, 4.69) is 0 Å². The molecule has 0 heterocycles. The van der Waals surface area contributed by atoms with E-state index in [1.54, 1.807) is 0 Å². The van der Waals surface area contributed by atoms with Crippen molar-refractivity contribution in [2.24, 2.45) is 5.41 Å². The molecule has 1 aliphatic carbocycles. The summed E-state index contributed by atoms with van der Waals surface area (Å²) >= 11 is 0.